The molecule has 188 valence electrons. The molecule has 0 spiro atoms. The van der Waals surface area contributed by atoms with Crippen LogP contribution in [0.1, 0.15) is 67.4 Å². The Morgan fingerprint density at radius 2 is 1.38 bits per heavy atom. The van der Waals surface area contributed by atoms with E-state index in [1.165, 1.54) is 6.92 Å². The van der Waals surface area contributed by atoms with Gasteiger partial charge in [-0.25, -0.2) is 4.79 Å². The number of rotatable bonds is 9. The molecule has 0 bridgehead atoms. The van der Waals surface area contributed by atoms with Crippen molar-refractivity contribution < 1.29 is 38.1 Å². The maximum Gasteiger partial charge on any atom is 0.352 e. The summed E-state index contributed by atoms with van der Waals surface area (Å²) in [5.74, 6) is -4.19. The van der Waals surface area contributed by atoms with Gasteiger partial charge in [0.2, 0.25) is 5.60 Å². The van der Waals surface area contributed by atoms with Crippen LogP contribution in [0.4, 0.5) is 0 Å². The van der Waals surface area contributed by atoms with Gasteiger partial charge in [-0.05, 0) is 47.1 Å². The first-order valence-corrected chi connectivity index (χ1v) is 11.1. The van der Waals surface area contributed by atoms with Crippen LogP contribution in [0.2, 0.25) is 0 Å². The Bertz CT molecular complexity index is 890. The standard InChI is InChI=1S/C26H36O8/c1-18(27)31-17-21(15-14-20-12-10-9-11-13-20)26(32-19(2)28,23(30)34-25(6,7)8)16-22(29)33-24(3,4)5/h9-15,21H,16-17H2,1-8H3/b15-14+/t21-,26+/m1/s1. The summed E-state index contributed by atoms with van der Waals surface area (Å²) in [5.41, 5.74) is -3.15. The number of esters is 4. The molecule has 8 heteroatoms. The van der Waals surface area contributed by atoms with Gasteiger partial charge < -0.3 is 18.9 Å². The average molecular weight is 477 g/mol. The lowest BCUT2D eigenvalue weighted by Crippen LogP contribution is -2.55. The first-order valence-electron chi connectivity index (χ1n) is 11.1. The highest BCUT2D eigenvalue weighted by molar-refractivity contribution is 5.89. The molecule has 0 heterocycles. The Balaban J connectivity index is 3.65. The fraction of sp³-hybridized carbons (Fsp3) is 0.538. The zero-order valence-electron chi connectivity index (χ0n) is 21.3. The van der Waals surface area contributed by atoms with Crippen LogP contribution in [0.3, 0.4) is 0 Å². The molecule has 0 aliphatic rings. The summed E-state index contributed by atoms with van der Waals surface area (Å²) in [5, 5.41) is 0. The van der Waals surface area contributed by atoms with Crippen LogP contribution in [0.5, 0.6) is 0 Å². The lowest BCUT2D eigenvalue weighted by molar-refractivity contribution is -0.202. The summed E-state index contributed by atoms with van der Waals surface area (Å²) < 4.78 is 21.8. The molecule has 0 aliphatic heterocycles. The molecule has 0 fully saturated rings. The van der Waals surface area contributed by atoms with E-state index in [-0.39, 0.29) is 6.61 Å². The van der Waals surface area contributed by atoms with Crippen LogP contribution >= 0.6 is 0 Å². The molecule has 0 aliphatic carbocycles. The summed E-state index contributed by atoms with van der Waals surface area (Å²) >= 11 is 0. The van der Waals surface area contributed by atoms with Gasteiger partial charge in [0.05, 0.1) is 12.3 Å². The molecular weight excluding hydrogens is 440 g/mol. The Kier molecular flexibility index (Phi) is 10.0. The van der Waals surface area contributed by atoms with Gasteiger partial charge in [0, 0.05) is 13.8 Å². The minimum Gasteiger partial charge on any atom is -0.465 e. The van der Waals surface area contributed by atoms with Gasteiger partial charge in [0.1, 0.15) is 17.8 Å². The zero-order valence-corrected chi connectivity index (χ0v) is 21.3. The largest absolute Gasteiger partial charge is 0.465 e. The van der Waals surface area contributed by atoms with Gasteiger partial charge in [-0.15, -0.1) is 0 Å². The predicted molar refractivity (Wildman–Crippen MR) is 126 cm³/mol. The number of benzene rings is 1. The van der Waals surface area contributed by atoms with E-state index in [9.17, 15) is 19.2 Å². The van der Waals surface area contributed by atoms with Gasteiger partial charge >= 0.3 is 23.9 Å². The molecule has 0 N–H and O–H groups in total. The van der Waals surface area contributed by atoms with Crippen molar-refractivity contribution in [1.29, 1.82) is 0 Å². The van der Waals surface area contributed by atoms with Crippen LogP contribution in [0, 0.1) is 5.92 Å². The molecule has 1 aromatic rings. The summed E-state index contributed by atoms with van der Waals surface area (Å²) in [6, 6.07) is 9.16. The molecule has 0 unspecified atom stereocenters. The number of carbonyl (C=O) groups excluding carboxylic acids is 4. The summed E-state index contributed by atoms with van der Waals surface area (Å²) in [6.07, 6.45) is 2.62. The molecule has 0 saturated carbocycles. The van der Waals surface area contributed by atoms with Gasteiger partial charge in [0.25, 0.3) is 0 Å². The van der Waals surface area contributed by atoms with E-state index in [0.717, 1.165) is 12.5 Å². The van der Waals surface area contributed by atoms with E-state index in [1.54, 1.807) is 53.7 Å². The molecule has 1 rings (SSSR count). The van der Waals surface area contributed by atoms with Gasteiger partial charge in [-0.2, -0.15) is 0 Å². The van der Waals surface area contributed by atoms with Crippen molar-refractivity contribution in [1.82, 2.24) is 0 Å². The highest BCUT2D eigenvalue weighted by Gasteiger charge is 2.53. The first-order chi connectivity index (χ1) is 15.5. The molecule has 1 aromatic carbocycles. The molecule has 0 aromatic heterocycles. The fourth-order valence-electron chi connectivity index (χ4n) is 3.07. The second kappa shape index (κ2) is 11.8. The average Bonchev–Trinajstić information content (AvgIpc) is 2.64. The van der Waals surface area contributed by atoms with Gasteiger partial charge in [0.15, 0.2) is 0 Å². The van der Waals surface area contributed by atoms with E-state index in [4.69, 9.17) is 18.9 Å². The lowest BCUT2D eigenvalue weighted by atomic mass is 9.83. The molecular formula is C26H36O8. The minimum absolute atomic E-state index is 0.339. The Morgan fingerprint density at radius 1 is 0.824 bits per heavy atom. The van der Waals surface area contributed by atoms with Crippen LogP contribution in [0.15, 0.2) is 36.4 Å². The zero-order chi connectivity index (χ0) is 26.2. The topological polar surface area (TPSA) is 105 Å². The summed E-state index contributed by atoms with van der Waals surface area (Å²) in [7, 11) is 0. The Hall–Kier alpha value is -3.16. The predicted octanol–water partition coefficient (Wildman–Crippen LogP) is 4.25. The Labute approximate surface area is 201 Å². The van der Waals surface area contributed by atoms with E-state index in [0.29, 0.717) is 0 Å². The normalized spacial score (nSPS) is 14.6. The smallest absolute Gasteiger partial charge is 0.352 e. The van der Waals surface area contributed by atoms with Gasteiger partial charge in [-0.1, -0.05) is 42.5 Å². The van der Waals surface area contributed by atoms with Crippen molar-refractivity contribution in [2.45, 2.75) is 78.6 Å². The third-order valence-electron chi connectivity index (χ3n) is 4.28. The number of hydrogen-bond donors (Lipinski definition) is 0. The maximum absolute atomic E-state index is 13.5. The minimum atomic E-state index is -2.14. The molecule has 8 nitrogen and oxygen atoms in total. The monoisotopic (exact) mass is 476 g/mol. The number of ether oxygens (including phenoxy) is 4. The van der Waals surface area contributed by atoms with Crippen molar-refractivity contribution in [2.24, 2.45) is 5.92 Å². The third kappa shape index (κ3) is 10.2. The quantitative estimate of drug-likeness (QED) is 0.385. The summed E-state index contributed by atoms with van der Waals surface area (Å²) in [6.45, 7) is 12.0. The first kappa shape index (κ1) is 28.9. The molecule has 34 heavy (non-hydrogen) atoms. The number of hydrogen-bond acceptors (Lipinski definition) is 8. The van der Waals surface area contributed by atoms with Crippen LogP contribution in [-0.4, -0.2) is 47.3 Å². The summed E-state index contributed by atoms with van der Waals surface area (Å²) in [4.78, 5) is 50.2. The Morgan fingerprint density at radius 3 is 1.85 bits per heavy atom. The third-order valence-corrected chi connectivity index (χ3v) is 4.28. The SMILES string of the molecule is CC(=O)OC[C@@H](/C=C/c1ccccc1)[C@](CC(=O)OC(C)(C)C)(OC(C)=O)C(=O)OC(C)(C)C. The molecule has 0 radical (unpaired) electrons. The van der Waals surface area contributed by atoms with E-state index in [1.807, 2.05) is 30.3 Å². The van der Waals surface area contributed by atoms with Crippen LogP contribution in [0.25, 0.3) is 6.08 Å². The van der Waals surface area contributed by atoms with E-state index < -0.39 is 53.0 Å². The lowest BCUT2D eigenvalue weighted by Gasteiger charge is -2.38. The van der Waals surface area contributed by atoms with Crippen molar-refractivity contribution in [3.8, 4) is 0 Å². The highest BCUT2D eigenvalue weighted by Crippen LogP contribution is 2.34. The van der Waals surface area contributed by atoms with Crippen molar-refractivity contribution >= 4 is 30.0 Å². The van der Waals surface area contributed by atoms with Crippen LogP contribution in [-0.2, 0) is 38.1 Å². The van der Waals surface area contributed by atoms with Crippen molar-refractivity contribution in [3.05, 3.63) is 42.0 Å². The van der Waals surface area contributed by atoms with E-state index >= 15 is 0 Å². The van der Waals surface area contributed by atoms with Crippen molar-refractivity contribution in [2.75, 3.05) is 6.61 Å². The number of carbonyl (C=O) groups is 4. The van der Waals surface area contributed by atoms with Gasteiger partial charge in [-0.3, -0.25) is 14.4 Å². The highest BCUT2D eigenvalue weighted by atomic mass is 16.6. The molecule has 0 saturated heterocycles. The molecule has 2 atom stereocenters. The second-order valence-corrected chi connectivity index (χ2v) is 9.93. The maximum atomic E-state index is 13.5. The molecule has 0 amide bonds. The van der Waals surface area contributed by atoms with Crippen LogP contribution < -0.4 is 0 Å². The van der Waals surface area contributed by atoms with E-state index in [2.05, 4.69) is 0 Å². The second-order valence-electron chi connectivity index (χ2n) is 9.93. The fourth-order valence-corrected chi connectivity index (χ4v) is 3.07. The van der Waals surface area contributed by atoms with Crippen molar-refractivity contribution in [3.63, 3.8) is 0 Å².